The average molecular weight is 238 g/mol. The summed E-state index contributed by atoms with van der Waals surface area (Å²) in [5.74, 6) is 1.96. The molecule has 1 saturated heterocycles. The molecule has 0 radical (unpaired) electrons. The van der Waals surface area contributed by atoms with E-state index in [-0.39, 0.29) is 5.54 Å². The molecule has 0 unspecified atom stereocenters. The number of ether oxygens (including phenoxy) is 1. The van der Waals surface area contributed by atoms with E-state index in [9.17, 15) is 0 Å². The maximum Gasteiger partial charge on any atom is 0.118 e. The van der Waals surface area contributed by atoms with Gasteiger partial charge in [-0.1, -0.05) is 0 Å². The monoisotopic (exact) mass is 238 g/mol. The van der Waals surface area contributed by atoms with E-state index < -0.39 is 0 Å². The van der Waals surface area contributed by atoms with E-state index in [2.05, 4.69) is 11.9 Å². The summed E-state index contributed by atoms with van der Waals surface area (Å²) in [6.45, 7) is 5.23. The molecule has 0 aromatic carbocycles. The summed E-state index contributed by atoms with van der Waals surface area (Å²) in [5, 5.41) is 0. The second-order valence-corrected chi connectivity index (χ2v) is 5.16. The van der Waals surface area contributed by atoms with E-state index in [1.54, 1.807) is 0 Å². The summed E-state index contributed by atoms with van der Waals surface area (Å²) in [5.41, 5.74) is 6.26. The van der Waals surface area contributed by atoms with Gasteiger partial charge in [0, 0.05) is 25.3 Å². The lowest BCUT2D eigenvalue weighted by molar-refractivity contribution is 0.0395. The Morgan fingerprint density at radius 3 is 2.65 bits per heavy atom. The van der Waals surface area contributed by atoms with Crippen molar-refractivity contribution in [2.45, 2.75) is 31.8 Å². The molecule has 4 heteroatoms. The van der Waals surface area contributed by atoms with E-state index >= 15 is 0 Å². The smallest absolute Gasteiger partial charge is 0.118 e. The number of nitrogens with zero attached hydrogens (tertiary/aromatic N) is 1. The van der Waals surface area contributed by atoms with Gasteiger partial charge < -0.3 is 14.9 Å². The Hall–Kier alpha value is -0.840. The number of nitrogens with two attached hydrogens (primary N) is 1. The van der Waals surface area contributed by atoms with Crippen LogP contribution in [0.15, 0.2) is 16.5 Å². The van der Waals surface area contributed by atoms with E-state index in [1.165, 1.54) is 0 Å². The molecule has 4 nitrogen and oxygen atoms in total. The van der Waals surface area contributed by atoms with Crippen molar-refractivity contribution in [1.82, 2.24) is 4.90 Å². The van der Waals surface area contributed by atoms with E-state index in [0.717, 1.165) is 50.7 Å². The topological polar surface area (TPSA) is 51.6 Å². The predicted molar refractivity (Wildman–Crippen MR) is 66.8 cm³/mol. The first-order valence-electron chi connectivity index (χ1n) is 6.18. The molecule has 1 aliphatic rings. The van der Waals surface area contributed by atoms with Crippen LogP contribution in [0.3, 0.4) is 0 Å². The number of likely N-dealkylation sites (N-methyl/N-ethyl adjacent to an activating group) is 1. The van der Waals surface area contributed by atoms with E-state index in [1.807, 2.05) is 19.1 Å². The normalized spacial score (nSPS) is 19.8. The number of hydrogen-bond donors (Lipinski definition) is 1. The third-order valence-corrected chi connectivity index (χ3v) is 3.30. The Bertz CT molecular complexity index is 356. The van der Waals surface area contributed by atoms with Gasteiger partial charge in [-0.25, -0.2) is 0 Å². The molecule has 1 fully saturated rings. The molecule has 1 aliphatic heterocycles. The molecule has 1 aromatic heterocycles. The van der Waals surface area contributed by atoms with Gasteiger partial charge in [0.15, 0.2) is 0 Å². The Morgan fingerprint density at radius 1 is 1.35 bits per heavy atom. The number of aryl methyl sites for hydroxylation is 1. The highest BCUT2D eigenvalue weighted by Crippen LogP contribution is 2.19. The summed E-state index contributed by atoms with van der Waals surface area (Å²) in [4.78, 5) is 2.23. The molecule has 2 N–H and O–H groups in total. The standard InChI is InChI=1S/C13H22N2O2/c1-11-3-4-12(17-11)9-15(2)10-13(14)5-7-16-8-6-13/h3-4H,5-10,14H2,1-2H3. The van der Waals surface area contributed by atoms with Crippen LogP contribution in [0, 0.1) is 6.92 Å². The third-order valence-electron chi connectivity index (χ3n) is 3.30. The number of furan rings is 1. The molecule has 0 spiro atoms. The molecule has 17 heavy (non-hydrogen) atoms. The van der Waals surface area contributed by atoms with Crippen LogP contribution in [-0.2, 0) is 11.3 Å². The molecule has 0 aliphatic carbocycles. The van der Waals surface area contributed by atoms with Crippen LogP contribution in [0.5, 0.6) is 0 Å². The number of rotatable bonds is 4. The van der Waals surface area contributed by atoms with Gasteiger partial charge in [-0.3, -0.25) is 4.90 Å². The summed E-state index contributed by atoms with van der Waals surface area (Å²) in [6, 6.07) is 4.02. The summed E-state index contributed by atoms with van der Waals surface area (Å²) < 4.78 is 10.9. The van der Waals surface area contributed by atoms with Crippen molar-refractivity contribution in [2.24, 2.45) is 5.73 Å². The fourth-order valence-electron chi connectivity index (χ4n) is 2.37. The zero-order chi connectivity index (χ0) is 12.3. The molecular weight excluding hydrogens is 216 g/mol. The predicted octanol–water partition coefficient (Wildman–Crippen LogP) is 1.53. The fourth-order valence-corrected chi connectivity index (χ4v) is 2.37. The van der Waals surface area contributed by atoms with Crippen molar-refractivity contribution in [2.75, 3.05) is 26.8 Å². The molecule has 0 amide bonds. The van der Waals surface area contributed by atoms with Crippen molar-refractivity contribution in [3.63, 3.8) is 0 Å². The van der Waals surface area contributed by atoms with Crippen LogP contribution in [0.4, 0.5) is 0 Å². The molecule has 2 heterocycles. The maximum atomic E-state index is 6.37. The quantitative estimate of drug-likeness (QED) is 0.864. The molecule has 1 aromatic rings. The van der Waals surface area contributed by atoms with Crippen LogP contribution in [0.1, 0.15) is 24.4 Å². The van der Waals surface area contributed by atoms with Crippen molar-refractivity contribution < 1.29 is 9.15 Å². The molecule has 0 saturated carbocycles. The number of hydrogen-bond acceptors (Lipinski definition) is 4. The molecular formula is C13H22N2O2. The summed E-state index contributed by atoms with van der Waals surface area (Å²) in [6.07, 6.45) is 1.88. The Labute approximate surface area is 103 Å². The Balaban J connectivity index is 1.85. The first-order chi connectivity index (χ1) is 8.07. The second-order valence-electron chi connectivity index (χ2n) is 5.16. The van der Waals surface area contributed by atoms with Crippen LogP contribution < -0.4 is 5.73 Å². The lowest BCUT2D eigenvalue weighted by Gasteiger charge is -2.36. The SMILES string of the molecule is Cc1ccc(CN(C)CC2(N)CCOCC2)o1. The second kappa shape index (κ2) is 5.21. The highest BCUT2D eigenvalue weighted by atomic mass is 16.5. The van der Waals surface area contributed by atoms with Crippen molar-refractivity contribution in [3.8, 4) is 0 Å². The lowest BCUT2D eigenvalue weighted by atomic mass is 9.91. The average Bonchev–Trinajstić information content (AvgIpc) is 2.63. The first-order valence-corrected chi connectivity index (χ1v) is 6.18. The maximum absolute atomic E-state index is 6.37. The van der Waals surface area contributed by atoms with Gasteiger partial charge in [-0.2, -0.15) is 0 Å². The zero-order valence-corrected chi connectivity index (χ0v) is 10.7. The van der Waals surface area contributed by atoms with Gasteiger partial charge in [0.05, 0.1) is 6.54 Å². The van der Waals surface area contributed by atoms with Crippen molar-refractivity contribution >= 4 is 0 Å². The van der Waals surface area contributed by atoms with Gasteiger partial charge >= 0.3 is 0 Å². The minimum atomic E-state index is -0.103. The van der Waals surface area contributed by atoms with Crippen molar-refractivity contribution in [3.05, 3.63) is 23.7 Å². The molecule has 0 atom stereocenters. The van der Waals surface area contributed by atoms with Gasteiger partial charge in [0.25, 0.3) is 0 Å². The van der Waals surface area contributed by atoms with Gasteiger partial charge in [-0.05, 0) is 38.9 Å². The van der Waals surface area contributed by atoms with E-state index in [0.29, 0.717) is 0 Å². The van der Waals surface area contributed by atoms with Crippen LogP contribution >= 0.6 is 0 Å². The zero-order valence-electron chi connectivity index (χ0n) is 10.7. The molecule has 2 rings (SSSR count). The van der Waals surface area contributed by atoms with Crippen LogP contribution in [0.2, 0.25) is 0 Å². The van der Waals surface area contributed by atoms with Crippen molar-refractivity contribution in [1.29, 1.82) is 0 Å². The summed E-state index contributed by atoms with van der Waals surface area (Å²) >= 11 is 0. The largest absolute Gasteiger partial charge is 0.465 e. The van der Waals surface area contributed by atoms with Gasteiger partial charge in [-0.15, -0.1) is 0 Å². The lowest BCUT2D eigenvalue weighted by Crippen LogP contribution is -2.52. The first kappa shape index (κ1) is 12.6. The van der Waals surface area contributed by atoms with Crippen LogP contribution in [0.25, 0.3) is 0 Å². The van der Waals surface area contributed by atoms with Crippen LogP contribution in [-0.4, -0.2) is 37.2 Å². The highest BCUT2D eigenvalue weighted by molar-refractivity contribution is 5.05. The highest BCUT2D eigenvalue weighted by Gasteiger charge is 2.29. The molecule has 0 bridgehead atoms. The Kier molecular flexibility index (Phi) is 3.86. The van der Waals surface area contributed by atoms with E-state index in [4.69, 9.17) is 14.9 Å². The minimum Gasteiger partial charge on any atom is -0.465 e. The van der Waals surface area contributed by atoms with Gasteiger partial charge in [0.1, 0.15) is 11.5 Å². The van der Waals surface area contributed by atoms with Gasteiger partial charge in [0.2, 0.25) is 0 Å². The molecule has 96 valence electrons. The third kappa shape index (κ3) is 3.56. The minimum absolute atomic E-state index is 0.103. The fraction of sp³-hybridized carbons (Fsp3) is 0.692. The summed E-state index contributed by atoms with van der Waals surface area (Å²) in [7, 11) is 2.09. The Morgan fingerprint density at radius 2 is 2.06 bits per heavy atom.